The predicted octanol–water partition coefficient (Wildman–Crippen LogP) is 1.87. The molecule has 6 heteroatoms. The van der Waals surface area contributed by atoms with Crippen molar-refractivity contribution in [1.29, 1.82) is 0 Å². The number of rotatable bonds is 1. The van der Waals surface area contributed by atoms with Gasteiger partial charge in [0.25, 0.3) is 5.69 Å². The first-order chi connectivity index (χ1) is 7.74. The number of fused-ring (bicyclic) bond motifs is 2. The molecule has 0 fully saturated rings. The second-order valence-electron chi connectivity index (χ2n) is 3.35. The maximum Gasteiger partial charge on any atom is 0.288 e. The molecule has 2 aromatic rings. The molecule has 0 saturated heterocycles. The lowest BCUT2D eigenvalue weighted by atomic mass is 10.2. The molecule has 1 aliphatic heterocycles. The highest BCUT2D eigenvalue weighted by Crippen LogP contribution is 2.36. The van der Waals surface area contributed by atoms with Crippen molar-refractivity contribution >= 4 is 16.6 Å². The maximum atomic E-state index is 10.6. The molecule has 3 rings (SSSR count). The molecule has 0 bridgehead atoms. The van der Waals surface area contributed by atoms with Gasteiger partial charge >= 0.3 is 0 Å². The SMILES string of the molecule is O=[N+]([O-])c1cnc2cc3c(cc2c1)OCO3. The zero-order valence-corrected chi connectivity index (χ0v) is 8.04. The number of pyridine rings is 1. The first kappa shape index (κ1) is 8.90. The summed E-state index contributed by atoms with van der Waals surface area (Å²) >= 11 is 0. The monoisotopic (exact) mass is 218 g/mol. The van der Waals surface area contributed by atoms with Crippen LogP contribution in [-0.2, 0) is 0 Å². The van der Waals surface area contributed by atoms with E-state index in [4.69, 9.17) is 9.47 Å². The van der Waals surface area contributed by atoms with Crippen molar-refractivity contribution in [2.75, 3.05) is 6.79 Å². The van der Waals surface area contributed by atoms with Crippen LogP contribution >= 0.6 is 0 Å². The van der Waals surface area contributed by atoms with E-state index in [1.54, 1.807) is 12.1 Å². The molecule has 0 atom stereocenters. The summed E-state index contributed by atoms with van der Waals surface area (Å²) in [5, 5.41) is 11.3. The van der Waals surface area contributed by atoms with Gasteiger partial charge in [0, 0.05) is 17.5 Å². The summed E-state index contributed by atoms with van der Waals surface area (Å²) in [4.78, 5) is 14.1. The van der Waals surface area contributed by atoms with Crippen LogP contribution in [-0.4, -0.2) is 16.7 Å². The lowest BCUT2D eigenvalue weighted by Gasteiger charge is -1.99. The van der Waals surface area contributed by atoms with Gasteiger partial charge in [-0.15, -0.1) is 0 Å². The smallest absolute Gasteiger partial charge is 0.288 e. The third-order valence-electron chi connectivity index (χ3n) is 2.37. The molecule has 0 radical (unpaired) electrons. The summed E-state index contributed by atoms with van der Waals surface area (Å²) in [6, 6.07) is 4.86. The molecule has 1 aromatic carbocycles. The Morgan fingerprint density at radius 1 is 1.25 bits per heavy atom. The molecule has 0 N–H and O–H groups in total. The topological polar surface area (TPSA) is 74.5 Å². The zero-order chi connectivity index (χ0) is 11.1. The van der Waals surface area contributed by atoms with Gasteiger partial charge in [-0.1, -0.05) is 0 Å². The molecule has 0 spiro atoms. The number of ether oxygens (including phenoxy) is 2. The Morgan fingerprint density at radius 3 is 2.75 bits per heavy atom. The van der Waals surface area contributed by atoms with Crippen molar-refractivity contribution in [1.82, 2.24) is 4.98 Å². The van der Waals surface area contributed by atoms with Crippen LogP contribution in [0.15, 0.2) is 24.4 Å². The first-order valence-corrected chi connectivity index (χ1v) is 4.58. The quantitative estimate of drug-likeness (QED) is 0.539. The van der Waals surface area contributed by atoms with Gasteiger partial charge in [0.2, 0.25) is 6.79 Å². The summed E-state index contributed by atoms with van der Waals surface area (Å²) in [5.74, 6) is 1.21. The largest absolute Gasteiger partial charge is 0.454 e. The molecule has 80 valence electrons. The summed E-state index contributed by atoms with van der Waals surface area (Å²) in [6.07, 6.45) is 1.23. The normalized spacial score (nSPS) is 13.0. The number of nitro groups is 1. The summed E-state index contributed by atoms with van der Waals surface area (Å²) in [7, 11) is 0. The van der Waals surface area contributed by atoms with Crippen LogP contribution in [0.3, 0.4) is 0 Å². The van der Waals surface area contributed by atoms with E-state index in [1.807, 2.05) is 0 Å². The molecule has 0 aliphatic carbocycles. The van der Waals surface area contributed by atoms with Crippen LogP contribution in [0.1, 0.15) is 0 Å². The van der Waals surface area contributed by atoms with Crippen molar-refractivity contribution in [3.63, 3.8) is 0 Å². The zero-order valence-electron chi connectivity index (χ0n) is 8.04. The van der Waals surface area contributed by atoms with Gasteiger partial charge in [-0.3, -0.25) is 10.1 Å². The number of benzene rings is 1. The van der Waals surface area contributed by atoms with E-state index in [0.717, 1.165) is 0 Å². The highest BCUT2D eigenvalue weighted by Gasteiger charge is 2.16. The van der Waals surface area contributed by atoms with E-state index in [9.17, 15) is 10.1 Å². The van der Waals surface area contributed by atoms with Crippen LogP contribution in [0.4, 0.5) is 5.69 Å². The third kappa shape index (κ3) is 1.23. The standard InChI is InChI=1S/C10H6N2O4/c13-12(14)7-1-6-2-9-10(16-5-15-9)3-8(6)11-4-7/h1-4H,5H2. The molecule has 2 heterocycles. The van der Waals surface area contributed by atoms with Crippen LogP contribution in [0.5, 0.6) is 11.5 Å². The van der Waals surface area contributed by atoms with Gasteiger partial charge < -0.3 is 9.47 Å². The van der Waals surface area contributed by atoms with Crippen LogP contribution in [0.25, 0.3) is 10.9 Å². The van der Waals surface area contributed by atoms with E-state index >= 15 is 0 Å². The van der Waals surface area contributed by atoms with Gasteiger partial charge in [0.1, 0.15) is 6.20 Å². The van der Waals surface area contributed by atoms with Crippen molar-refractivity contribution in [2.45, 2.75) is 0 Å². The van der Waals surface area contributed by atoms with Crippen molar-refractivity contribution in [3.05, 3.63) is 34.5 Å². The summed E-state index contributed by atoms with van der Waals surface area (Å²) < 4.78 is 10.4. The number of nitrogens with zero attached hydrogens (tertiary/aromatic N) is 2. The fraction of sp³-hybridized carbons (Fsp3) is 0.100. The molecule has 1 aromatic heterocycles. The van der Waals surface area contributed by atoms with Crippen LogP contribution in [0, 0.1) is 10.1 Å². The Kier molecular flexibility index (Phi) is 1.70. The van der Waals surface area contributed by atoms with Gasteiger partial charge in [-0.05, 0) is 6.07 Å². The summed E-state index contributed by atoms with van der Waals surface area (Å²) in [6.45, 7) is 0.174. The average molecular weight is 218 g/mol. The molecule has 16 heavy (non-hydrogen) atoms. The third-order valence-corrected chi connectivity index (χ3v) is 2.37. The predicted molar refractivity (Wildman–Crippen MR) is 54.5 cm³/mol. The molecule has 6 nitrogen and oxygen atoms in total. The molecule has 0 amide bonds. The first-order valence-electron chi connectivity index (χ1n) is 4.58. The van der Waals surface area contributed by atoms with Gasteiger partial charge in [0.15, 0.2) is 11.5 Å². The van der Waals surface area contributed by atoms with Crippen molar-refractivity contribution in [3.8, 4) is 11.5 Å². The van der Waals surface area contributed by atoms with E-state index in [0.29, 0.717) is 22.4 Å². The Bertz CT molecular complexity index is 597. The number of hydrogen-bond donors (Lipinski definition) is 0. The van der Waals surface area contributed by atoms with Crippen LogP contribution in [0.2, 0.25) is 0 Å². The lowest BCUT2D eigenvalue weighted by Crippen LogP contribution is -1.92. The average Bonchev–Trinajstić information content (AvgIpc) is 2.71. The molecular weight excluding hydrogens is 212 g/mol. The molecule has 0 saturated carbocycles. The van der Waals surface area contributed by atoms with E-state index in [-0.39, 0.29) is 12.5 Å². The number of aromatic nitrogens is 1. The summed E-state index contributed by atoms with van der Waals surface area (Å²) in [5.41, 5.74) is 0.612. The van der Waals surface area contributed by atoms with Crippen molar-refractivity contribution < 1.29 is 14.4 Å². The van der Waals surface area contributed by atoms with Crippen molar-refractivity contribution in [2.24, 2.45) is 0 Å². The van der Waals surface area contributed by atoms with Gasteiger partial charge in [-0.25, -0.2) is 4.98 Å². The minimum Gasteiger partial charge on any atom is -0.454 e. The number of hydrogen-bond acceptors (Lipinski definition) is 5. The Hall–Kier alpha value is -2.37. The fourth-order valence-corrected chi connectivity index (χ4v) is 1.61. The molecule has 1 aliphatic rings. The Balaban J connectivity index is 2.24. The van der Waals surface area contributed by atoms with Gasteiger partial charge in [-0.2, -0.15) is 0 Å². The lowest BCUT2D eigenvalue weighted by molar-refractivity contribution is -0.385. The second-order valence-corrected chi connectivity index (χ2v) is 3.35. The minimum absolute atomic E-state index is 0.0358. The van der Waals surface area contributed by atoms with E-state index < -0.39 is 4.92 Å². The van der Waals surface area contributed by atoms with Crippen LogP contribution < -0.4 is 9.47 Å². The van der Waals surface area contributed by atoms with E-state index in [2.05, 4.69) is 4.98 Å². The molecular formula is C10H6N2O4. The highest BCUT2D eigenvalue weighted by atomic mass is 16.7. The fourth-order valence-electron chi connectivity index (χ4n) is 1.61. The Morgan fingerprint density at radius 2 is 2.00 bits per heavy atom. The second kappa shape index (κ2) is 3.06. The highest BCUT2D eigenvalue weighted by molar-refractivity contribution is 5.84. The maximum absolute atomic E-state index is 10.6. The molecule has 0 unspecified atom stereocenters. The van der Waals surface area contributed by atoms with Gasteiger partial charge in [0.05, 0.1) is 10.4 Å². The van der Waals surface area contributed by atoms with E-state index in [1.165, 1.54) is 12.3 Å². The minimum atomic E-state index is -0.475. The Labute approximate surface area is 89.6 Å².